The Morgan fingerprint density at radius 1 is 1.37 bits per heavy atom. The first-order chi connectivity index (χ1) is 8.97. The third kappa shape index (κ3) is 3.12. The van der Waals surface area contributed by atoms with Crippen LogP contribution in [0.4, 0.5) is 10.1 Å². The number of amides is 1. The summed E-state index contributed by atoms with van der Waals surface area (Å²) in [6.45, 7) is 3.92. The molecule has 2 rings (SSSR count). The third-order valence-electron chi connectivity index (χ3n) is 2.79. The van der Waals surface area contributed by atoms with E-state index in [2.05, 4.69) is 5.32 Å². The Balaban J connectivity index is 2.12. The molecule has 5 heteroatoms. The highest BCUT2D eigenvalue weighted by atomic mass is 32.1. The topological polar surface area (TPSA) is 55.1 Å². The van der Waals surface area contributed by atoms with Gasteiger partial charge in [0, 0.05) is 15.4 Å². The second kappa shape index (κ2) is 5.40. The highest BCUT2D eigenvalue weighted by molar-refractivity contribution is 7.12. The molecule has 0 saturated heterocycles. The summed E-state index contributed by atoms with van der Waals surface area (Å²) >= 11 is 1.63. The van der Waals surface area contributed by atoms with Gasteiger partial charge in [-0.3, -0.25) is 4.79 Å². The van der Waals surface area contributed by atoms with E-state index in [1.165, 1.54) is 17.0 Å². The van der Waals surface area contributed by atoms with Gasteiger partial charge in [-0.2, -0.15) is 0 Å². The Hall–Kier alpha value is -1.88. The summed E-state index contributed by atoms with van der Waals surface area (Å²) in [5, 5.41) is 2.86. The van der Waals surface area contributed by atoms with E-state index in [1.54, 1.807) is 11.3 Å². The molecule has 2 aromatic rings. The minimum Gasteiger partial charge on any atom is -0.398 e. The fourth-order valence-corrected chi connectivity index (χ4v) is 2.65. The van der Waals surface area contributed by atoms with E-state index in [0.717, 1.165) is 10.9 Å². The predicted molar refractivity (Wildman–Crippen MR) is 75.7 cm³/mol. The van der Waals surface area contributed by atoms with Crippen molar-refractivity contribution in [2.24, 2.45) is 0 Å². The van der Waals surface area contributed by atoms with Crippen molar-refractivity contribution in [1.82, 2.24) is 5.32 Å². The van der Waals surface area contributed by atoms with Crippen LogP contribution in [-0.4, -0.2) is 5.91 Å². The van der Waals surface area contributed by atoms with Crippen LogP contribution in [0.3, 0.4) is 0 Å². The SMILES string of the molecule is Cc1ccc(C(C)NC(=O)c2ccc(F)cc2N)s1. The Labute approximate surface area is 115 Å². The van der Waals surface area contributed by atoms with Crippen molar-refractivity contribution in [2.75, 3.05) is 5.73 Å². The molecule has 1 atom stereocenters. The maximum Gasteiger partial charge on any atom is 0.253 e. The predicted octanol–water partition coefficient (Wildman–Crippen LogP) is 3.27. The number of anilines is 1. The van der Waals surface area contributed by atoms with E-state index in [9.17, 15) is 9.18 Å². The highest BCUT2D eigenvalue weighted by Crippen LogP contribution is 2.23. The molecule has 0 bridgehead atoms. The quantitative estimate of drug-likeness (QED) is 0.847. The summed E-state index contributed by atoms with van der Waals surface area (Å²) in [5.41, 5.74) is 6.08. The second-order valence-corrected chi connectivity index (χ2v) is 5.69. The summed E-state index contributed by atoms with van der Waals surface area (Å²) in [4.78, 5) is 14.3. The molecular formula is C14H15FN2OS. The molecule has 0 fully saturated rings. The minimum atomic E-state index is -0.448. The van der Waals surface area contributed by atoms with Crippen molar-refractivity contribution in [2.45, 2.75) is 19.9 Å². The molecule has 1 unspecified atom stereocenters. The lowest BCUT2D eigenvalue weighted by atomic mass is 10.1. The molecule has 3 N–H and O–H groups in total. The fraction of sp³-hybridized carbons (Fsp3) is 0.214. The van der Waals surface area contributed by atoms with E-state index >= 15 is 0 Å². The molecule has 0 radical (unpaired) electrons. The second-order valence-electron chi connectivity index (χ2n) is 4.38. The van der Waals surface area contributed by atoms with Gasteiger partial charge < -0.3 is 11.1 Å². The van der Waals surface area contributed by atoms with Gasteiger partial charge in [-0.05, 0) is 44.2 Å². The zero-order valence-electron chi connectivity index (χ0n) is 10.7. The van der Waals surface area contributed by atoms with Gasteiger partial charge >= 0.3 is 0 Å². The summed E-state index contributed by atoms with van der Waals surface area (Å²) in [5.74, 6) is -0.743. The standard InChI is InChI=1S/C14H15FN2OS/c1-8-3-6-13(19-8)9(2)17-14(18)11-5-4-10(15)7-12(11)16/h3-7,9H,16H2,1-2H3,(H,17,18). The lowest BCUT2D eigenvalue weighted by molar-refractivity contribution is 0.0941. The Kier molecular flexibility index (Phi) is 3.85. The summed E-state index contributed by atoms with van der Waals surface area (Å²) in [7, 11) is 0. The number of nitrogens with one attached hydrogen (secondary N) is 1. The van der Waals surface area contributed by atoms with Crippen LogP contribution in [0.15, 0.2) is 30.3 Å². The molecule has 1 heterocycles. The van der Waals surface area contributed by atoms with Crippen molar-refractivity contribution in [3.8, 4) is 0 Å². The lowest BCUT2D eigenvalue weighted by Gasteiger charge is -2.13. The van der Waals surface area contributed by atoms with Crippen LogP contribution >= 0.6 is 11.3 Å². The van der Waals surface area contributed by atoms with Crippen LogP contribution in [0.5, 0.6) is 0 Å². The van der Waals surface area contributed by atoms with Gasteiger partial charge in [-0.15, -0.1) is 11.3 Å². The number of nitrogen functional groups attached to an aromatic ring is 1. The van der Waals surface area contributed by atoms with Gasteiger partial charge in [0.25, 0.3) is 5.91 Å². The average molecular weight is 278 g/mol. The van der Waals surface area contributed by atoms with Gasteiger partial charge in [0.1, 0.15) is 5.82 Å². The van der Waals surface area contributed by atoms with Crippen molar-refractivity contribution in [3.05, 3.63) is 51.5 Å². The van der Waals surface area contributed by atoms with E-state index in [1.807, 2.05) is 26.0 Å². The number of nitrogens with two attached hydrogens (primary N) is 1. The van der Waals surface area contributed by atoms with Crippen LogP contribution in [0.1, 0.15) is 33.1 Å². The monoisotopic (exact) mass is 278 g/mol. The molecule has 0 spiro atoms. The van der Waals surface area contributed by atoms with Gasteiger partial charge in [0.15, 0.2) is 0 Å². The molecule has 0 aliphatic heterocycles. The summed E-state index contributed by atoms with van der Waals surface area (Å²) < 4.78 is 12.9. The van der Waals surface area contributed by atoms with Gasteiger partial charge in [0.2, 0.25) is 0 Å². The third-order valence-corrected chi connectivity index (χ3v) is 3.98. The smallest absolute Gasteiger partial charge is 0.253 e. The number of halogens is 1. The number of carbonyl (C=O) groups excluding carboxylic acids is 1. The normalized spacial score (nSPS) is 12.2. The van der Waals surface area contributed by atoms with Crippen molar-refractivity contribution in [3.63, 3.8) is 0 Å². The average Bonchev–Trinajstić information content (AvgIpc) is 2.75. The highest BCUT2D eigenvalue weighted by Gasteiger charge is 2.15. The van der Waals surface area contributed by atoms with Gasteiger partial charge in [-0.1, -0.05) is 0 Å². The van der Waals surface area contributed by atoms with Crippen molar-refractivity contribution in [1.29, 1.82) is 0 Å². The van der Waals surface area contributed by atoms with E-state index in [0.29, 0.717) is 5.56 Å². The van der Waals surface area contributed by atoms with Crippen LogP contribution < -0.4 is 11.1 Å². The van der Waals surface area contributed by atoms with Crippen molar-refractivity contribution < 1.29 is 9.18 Å². The number of carbonyl (C=O) groups is 1. The molecule has 1 aromatic heterocycles. The first kappa shape index (κ1) is 13.5. The Morgan fingerprint density at radius 2 is 2.11 bits per heavy atom. The number of rotatable bonds is 3. The molecule has 0 aliphatic rings. The largest absolute Gasteiger partial charge is 0.398 e. The first-order valence-electron chi connectivity index (χ1n) is 5.89. The first-order valence-corrected chi connectivity index (χ1v) is 6.71. The number of thiophene rings is 1. The van der Waals surface area contributed by atoms with Gasteiger partial charge in [-0.25, -0.2) is 4.39 Å². The molecule has 1 amide bonds. The van der Waals surface area contributed by atoms with Crippen LogP contribution in [0.2, 0.25) is 0 Å². The Morgan fingerprint density at radius 3 is 2.68 bits per heavy atom. The zero-order valence-corrected chi connectivity index (χ0v) is 11.6. The summed E-state index contributed by atoms with van der Waals surface area (Å²) in [6, 6.07) is 7.66. The minimum absolute atomic E-state index is 0.101. The maximum absolute atomic E-state index is 12.9. The molecule has 19 heavy (non-hydrogen) atoms. The zero-order chi connectivity index (χ0) is 14.0. The van der Waals surface area contributed by atoms with Crippen LogP contribution in [0, 0.1) is 12.7 Å². The van der Waals surface area contributed by atoms with Crippen LogP contribution in [-0.2, 0) is 0 Å². The molecular weight excluding hydrogens is 263 g/mol. The fourth-order valence-electron chi connectivity index (χ4n) is 1.77. The molecule has 0 saturated carbocycles. The molecule has 0 aliphatic carbocycles. The van der Waals surface area contributed by atoms with E-state index in [-0.39, 0.29) is 17.6 Å². The summed E-state index contributed by atoms with van der Waals surface area (Å²) in [6.07, 6.45) is 0. The molecule has 1 aromatic carbocycles. The lowest BCUT2D eigenvalue weighted by Crippen LogP contribution is -2.26. The number of hydrogen-bond acceptors (Lipinski definition) is 3. The number of aryl methyl sites for hydroxylation is 1. The molecule has 3 nitrogen and oxygen atoms in total. The Bertz CT molecular complexity index is 609. The molecule has 100 valence electrons. The van der Waals surface area contributed by atoms with Crippen LogP contribution in [0.25, 0.3) is 0 Å². The maximum atomic E-state index is 12.9. The number of benzene rings is 1. The van der Waals surface area contributed by atoms with Crippen molar-refractivity contribution >= 4 is 22.9 Å². The van der Waals surface area contributed by atoms with Gasteiger partial charge in [0.05, 0.1) is 11.6 Å². The van der Waals surface area contributed by atoms with E-state index < -0.39 is 5.82 Å². The number of hydrogen-bond donors (Lipinski definition) is 2. The van der Waals surface area contributed by atoms with E-state index in [4.69, 9.17) is 5.73 Å².